The number of carbonyl (C=O) groups is 1. The zero-order chi connectivity index (χ0) is 12.0. The average molecular weight is 289 g/mol. The molecule has 1 aliphatic carbocycles. The quantitative estimate of drug-likeness (QED) is 0.839. The lowest BCUT2D eigenvalue weighted by Gasteiger charge is -1.95. The summed E-state index contributed by atoms with van der Waals surface area (Å²) in [4.78, 5) is 10.3. The zero-order valence-electron chi connectivity index (χ0n) is 8.88. The molecule has 0 saturated heterocycles. The number of hydrogen-bond donors (Lipinski definition) is 1. The molecule has 0 aliphatic heterocycles. The summed E-state index contributed by atoms with van der Waals surface area (Å²) in [6.45, 7) is 0. The monoisotopic (exact) mass is 288 g/mol. The molecular weight excluding hydrogens is 275 g/mol. The maximum Gasteiger partial charge on any atom is 0.338 e. The topological polar surface area (TPSA) is 37.3 Å². The van der Waals surface area contributed by atoms with Gasteiger partial charge in [0, 0.05) is 4.47 Å². The lowest BCUT2D eigenvalue weighted by atomic mass is 10.2. The number of halogens is 2. The smallest absolute Gasteiger partial charge is 0.338 e. The summed E-state index contributed by atoms with van der Waals surface area (Å²) in [6.07, 6.45) is 7.50. The molecule has 1 fully saturated rings. The Morgan fingerprint density at radius 1 is 1.19 bits per heavy atom. The van der Waals surface area contributed by atoms with E-state index in [9.17, 15) is 9.18 Å². The average Bonchev–Trinajstić information content (AvgIpc) is 2.74. The number of benzene rings is 1. The Kier molecular flexibility index (Phi) is 5.46. The molecule has 0 aromatic heterocycles. The van der Waals surface area contributed by atoms with Crippen molar-refractivity contribution in [3.05, 3.63) is 34.1 Å². The van der Waals surface area contributed by atoms with Gasteiger partial charge >= 0.3 is 5.97 Å². The van der Waals surface area contributed by atoms with Crippen LogP contribution in [0.5, 0.6) is 0 Å². The Morgan fingerprint density at radius 2 is 1.69 bits per heavy atom. The Hall–Kier alpha value is -0.900. The van der Waals surface area contributed by atoms with Crippen molar-refractivity contribution < 1.29 is 14.3 Å². The molecule has 1 aliphatic rings. The molecular formula is C12H14BrFO2. The van der Waals surface area contributed by atoms with Crippen molar-refractivity contribution in [1.29, 1.82) is 0 Å². The third-order valence-corrected chi connectivity index (χ3v) is 2.90. The number of aromatic carboxylic acids is 1. The summed E-state index contributed by atoms with van der Waals surface area (Å²) < 4.78 is 13.2. The molecule has 0 heterocycles. The van der Waals surface area contributed by atoms with Gasteiger partial charge in [0.1, 0.15) is 5.82 Å². The van der Waals surface area contributed by atoms with Gasteiger partial charge in [-0.1, -0.05) is 48.0 Å². The molecule has 1 N–H and O–H groups in total. The highest BCUT2D eigenvalue weighted by atomic mass is 79.9. The van der Waals surface area contributed by atoms with Crippen LogP contribution in [0.2, 0.25) is 0 Å². The van der Waals surface area contributed by atoms with Crippen molar-refractivity contribution >= 4 is 21.9 Å². The Balaban J connectivity index is 0.000000212. The molecule has 0 atom stereocenters. The lowest BCUT2D eigenvalue weighted by molar-refractivity contribution is 0.0692. The molecule has 0 bridgehead atoms. The van der Waals surface area contributed by atoms with Crippen molar-refractivity contribution in [3.63, 3.8) is 0 Å². The first kappa shape index (κ1) is 13.2. The van der Waals surface area contributed by atoms with E-state index in [4.69, 9.17) is 5.11 Å². The van der Waals surface area contributed by atoms with Gasteiger partial charge in [-0.25, -0.2) is 9.18 Å². The summed E-state index contributed by atoms with van der Waals surface area (Å²) in [6, 6.07) is 3.80. The standard InChI is InChI=1S/C7H4BrFO2.C5H10/c8-4-1-2-5(7(10)11)6(9)3-4;1-2-4-5-3-1/h1-3H,(H,10,11);1-5H2. The summed E-state index contributed by atoms with van der Waals surface area (Å²) in [5.74, 6) is -1.98. The first-order valence-corrected chi connectivity index (χ1v) is 6.09. The minimum absolute atomic E-state index is 0.312. The second kappa shape index (κ2) is 6.63. The van der Waals surface area contributed by atoms with Gasteiger partial charge in [-0.3, -0.25) is 0 Å². The van der Waals surface area contributed by atoms with Crippen LogP contribution < -0.4 is 0 Å². The normalized spacial score (nSPS) is 14.1. The molecule has 16 heavy (non-hydrogen) atoms. The van der Waals surface area contributed by atoms with Crippen LogP contribution in [0.25, 0.3) is 0 Å². The van der Waals surface area contributed by atoms with Gasteiger partial charge in [0.05, 0.1) is 5.56 Å². The van der Waals surface area contributed by atoms with E-state index in [1.54, 1.807) is 0 Å². The highest BCUT2D eigenvalue weighted by molar-refractivity contribution is 9.10. The molecule has 2 rings (SSSR count). The fourth-order valence-electron chi connectivity index (χ4n) is 1.55. The van der Waals surface area contributed by atoms with Crippen molar-refractivity contribution in [3.8, 4) is 0 Å². The molecule has 0 spiro atoms. The van der Waals surface area contributed by atoms with Gasteiger partial charge in [-0.15, -0.1) is 0 Å². The van der Waals surface area contributed by atoms with Crippen LogP contribution in [-0.4, -0.2) is 11.1 Å². The van der Waals surface area contributed by atoms with Crippen LogP contribution in [0.3, 0.4) is 0 Å². The second-order valence-electron chi connectivity index (χ2n) is 3.70. The SMILES string of the molecule is C1CCCC1.O=C(O)c1ccc(Br)cc1F. The number of rotatable bonds is 1. The van der Waals surface area contributed by atoms with Crippen LogP contribution in [0.1, 0.15) is 42.5 Å². The van der Waals surface area contributed by atoms with E-state index in [0.717, 1.165) is 6.07 Å². The van der Waals surface area contributed by atoms with E-state index in [0.29, 0.717) is 4.47 Å². The third-order valence-electron chi connectivity index (χ3n) is 2.41. The van der Waals surface area contributed by atoms with E-state index in [1.807, 2.05) is 0 Å². The Bertz CT molecular complexity index is 354. The van der Waals surface area contributed by atoms with Crippen LogP contribution in [0, 0.1) is 5.82 Å². The highest BCUT2D eigenvalue weighted by Crippen LogP contribution is 2.15. The number of hydrogen-bond acceptors (Lipinski definition) is 1. The van der Waals surface area contributed by atoms with Crippen molar-refractivity contribution in [2.45, 2.75) is 32.1 Å². The van der Waals surface area contributed by atoms with Gasteiger partial charge in [-0.2, -0.15) is 0 Å². The summed E-state index contributed by atoms with van der Waals surface area (Å²) in [7, 11) is 0. The summed E-state index contributed by atoms with van der Waals surface area (Å²) in [5, 5.41) is 8.40. The maximum atomic E-state index is 12.7. The van der Waals surface area contributed by atoms with Crippen LogP contribution >= 0.6 is 15.9 Å². The van der Waals surface area contributed by atoms with E-state index in [-0.39, 0.29) is 5.56 Å². The van der Waals surface area contributed by atoms with E-state index < -0.39 is 11.8 Å². The molecule has 88 valence electrons. The predicted octanol–water partition coefficient (Wildman–Crippen LogP) is 4.24. The molecule has 1 saturated carbocycles. The van der Waals surface area contributed by atoms with E-state index in [1.165, 1.54) is 44.2 Å². The molecule has 1 aromatic rings. The van der Waals surface area contributed by atoms with Gasteiger partial charge in [0.15, 0.2) is 0 Å². The van der Waals surface area contributed by atoms with Crippen molar-refractivity contribution in [2.24, 2.45) is 0 Å². The number of carboxylic acids is 1. The molecule has 4 heteroatoms. The minimum Gasteiger partial charge on any atom is -0.478 e. The first-order valence-electron chi connectivity index (χ1n) is 5.29. The van der Waals surface area contributed by atoms with Crippen molar-refractivity contribution in [1.82, 2.24) is 0 Å². The summed E-state index contributed by atoms with van der Waals surface area (Å²) >= 11 is 3.01. The Labute approximate surface area is 103 Å². The Morgan fingerprint density at radius 3 is 2.06 bits per heavy atom. The first-order chi connectivity index (χ1) is 7.61. The van der Waals surface area contributed by atoms with E-state index in [2.05, 4.69) is 15.9 Å². The van der Waals surface area contributed by atoms with Gasteiger partial charge in [0.2, 0.25) is 0 Å². The molecule has 0 amide bonds. The molecule has 2 nitrogen and oxygen atoms in total. The third kappa shape index (κ3) is 4.31. The van der Waals surface area contributed by atoms with Gasteiger partial charge < -0.3 is 5.11 Å². The second-order valence-corrected chi connectivity index (χ2v) is 4.61. The van der Waals surface area contributed by atoms with Crippen LogP contribution in [0.15, 0.2) is 22.7 Å². The van der Waals surface area contributed by atoms with Crippen LogP contribution in [-0.2, 0) is 0 Å². The largest absolute Gasteiger partial charge is 0.478 e. The molecule has 1 aromatic carbocycles. The van der Waals surface area contributed by atoms with E-state index >= 15 is 0 Å². The minimum atomic E-state index is -1.25. The van der Waals surface area contributed by atoms with Crippen LogP contribution in [0.4, 0.5) is 4.39 Å². The lowest BCUT2D eigenvalue weighted by Crippen LogP contribution is -1.99. The zero-order valence-corrected chi connectivity index (χ0v) is 10.5. The molecule has 0 unspecified atom stereocenters. The summed E-state index contributed by atoms with van der Waals surface area (Å²) in [5.41, 5.74) is -0.312. The van der Waals surface area contributed by atoms with Gasteiger partial charge in [0.25, 0.3) is 0 Å². The predicted molar refractivity (Wildman–Crippen MR) is 64.1 cm³/mol. The maximum absolute atomic E-state index is 12.7. The highest BCUT2D eigenvalue weighted by Gasteiger charge is 2.08. The number of carboxylic acid groups (broad SMARTS) is 1. The fourth-order valence-corrected chi connectivity index (χ4v) is 1.88. The van der Waals surface area contributed by atoms with Crippen molar-refractivity contribution in [2.75, 3.05) is 0 Å². The van der Waals surface area contributed by atoms with Gasteiger partial charge in [-0.05, 0) is 18.2 Å². The fraction of sp³-hybridized carbons (Fsp3) is 0.417. The molecule has 0 radical (unpaired) electrons.